The summed E-state index contributed by atoms with van der Waals surface area (Å²) in [5.41, 5.74) is 1.01. The van der Waals surface area contributed by atoms with Crippen molar-refractivity contribution < 1.29 is 14.3 Å². The van der Waals surface area contributed by atoms with Gasteiger partial charge < -0.3 is 25.0 Å². The molecule has 0 atom stereocenters. The molecule has 0 radical (unpaired) electrons. The van der Waals surface area contributed by atoms with Crippen LogP contribution in [-0.4, -0.2) is 56.7 Å². The highest BCUT2D eigenvalue weighted by Crippen LogP contribution is 2.28. The fourth-order valence-corrected chi connectivity index (χ4v) is 2.84. The summed E-state index contributed by atoms with van der Waals surface area (Å²) in [6, 6.07) is 5.78. The van der Waals surface area contributed by atoms with Crippen molar-refractivity contribution in [2.24, 2.45) is 4.99 Å². The summed E-state index contributed by atoms with van der Waals surface area (Å²) in [6.45, 7) is 7.72. The van der Waals surface area contributed by atoms with Gasteiger partial charge >= 0.3 is 0 Å². The zero-order chi connectivity index (χ0) is 18.8. The second-order valence-electron chi connectivity index (χ2n) is 6.05. The monoisotopic (exact) mass is 490 g/mol. The Kier molecular flexibility index (Phi) is 10.9. The second kappa shape index (κ2) is 12.6. The van der Waals surface area contributed by atoms with E-state index in [1.54, 1.807) is 7.11 Å². The number of carbonyl (C=O) groups excluding carboxylic acids is 1. The number of aliphatic imine (C=N–C) groups is 1. The van der Waals surface area contributed by atoms with E-state index in [1.807, 2.05) is 36.9 Å². The number of methoxy groups -OCH3 is 1. The zero-order valence-corrected chi connectivity index (χ0v) is 18.7. The Morgan fingerprint density at radius 1 is 1.19 bits per heavy atom. The highest BCUT2D eigenvalue weighted by atomic mass is 127. The van der Waals surface area contributed by atoms with Crippen LogP contribution in [0.2, 0.25) is 0 Å². The first-order chi connectivity index (χ1) is 12.7. The van der Waals surface area contributed by atoms with Crippen molar-refractivity contribution in [1.82, 2.24) is 15.5 Å². The standard InChI is InChI=1S/C19H30N4O3.HI/c1-4-20-19(22-14-18(24)23-10-6-7-11-23)21-13-15-8-9-16(25-3)17(12-15)26-5-2;/h8-9,12H,4-7,10-11,13-14H2,1-3H3,(H2,20,21,22);1H. The molecule has 2 N–H and O–H groups in total. The average Bonchev–Trinajstić information content (AvgIpc) is 3.19. The first-order valence-electron chi connectivity index (χ1n) is 9.27. The number of hydrogen-bond acceptors (Lipinski definition) is 4. The highest BCUT2D eigenvalue weighted by Gasteiger charge is 2.17. The van der Waals surface area contributed by atoms with Gasteiger partial charge in [0.2, 0.25) is 5.91 Å². The Balaban J connectivity index is 0.00000364. The van der Waals surface area contributed by atoms with Crippen molar-refractivity contribution in [3.8, 4) is 11.5 Å². The number of nitrogens with one attached hydrogen (secondary N) is 2. The summed E-state index contributed by atoms with van der Waals surface area (Å²) in [4.78, 5) is 18.6. The molecule has 1 fully saturated rings. The first-order valence-corrected chi connectivity index (χ1v) is 9.27. The van der Waals surface area contributed by atoms with E-state index in [9.17, 15) is 4.79 Å². The van der Waals surface area contributed by atoms with Gasteiger partial charge in [0.15, 0.2) is 17.5 Å². The van der Waals surface area contributed by atoms with E-state index in [2.05, 4.69) is 15.6 Å². The number of guanidine groups is 1. The predicted molar refractivity (Wildman–Crippen MR) is 118 cm³/mol. The minimum atomic E-state index is 0. The lowest BCUT2D eigenvalue weighted by Gasteiger charge is -2.17. The van der Waals surface area contributed by atoms with Crippen molar-refractivity contribution in [2.45, 2.75) is 33.2 Å². The number of nitrogens with zero attached hydrogens (tertiary/aromatic N) is 2. The molecule has 27 heavy (non-hydrogen) atoms. The summed E-state index contributed by atoms with van der Waals surface area (Å²) in [6.07, 6.45) is 2.19. The minimum Gasteiger partial charge on any atom is -0.493 e. The molecule has 0 bridgehead atoms. The van der Waals surface area contributed by atoms with Crippen LogP contribution in [-0.2, 0) is 11.3 Å². The van der Waals surface area contributed by atoms with E-state index in [1.165, 1.54) is 0 Å². The van der Waals surface area contributed by atoms with Crippen molar-refractivity contribution in [1.29, 1.82) is 0 Å². The lowest BCUT2D eigenvalue weighted by Crippen LogP contribution is -2.44. The number of benzene rings is 1. The van der Waals surface area contributed by atoms with E-state index >= 15 is 0 Å². The fourth-order valence-electron chi connectivity index (χ4n) is 2.84. The summed E-state index contributed by atoms with van der Waals surface area (Å²) in [5.74, 6) is 2.18. The van der Waals surface area contributed by atoms with Crippen LogP contribution in [0.3, 0.4) is 0 Å². The Morgan fingerprint density at radius 3 is 2.56 bits per heavy atom. The number of hydrogen-bond donors (Lipinski definition) is 2. The van der Waals surface area contributed by atoms with Gasteiger partial charge in [0.05, 0.1) is 26.8 Å². The maximum absolute atomic E-state index is 12.2. The van der Waals surface area contributed by atoms with Gasteiger partial charge in [0, 0.05) is 19.6 Å². The van der Waals surface area contributed by atoms with Crippen LogP contribution >= 0.6 is 24.0 Å². The SMILES string of the molecule is CCNC(=NCc1ccc(OC)c(OCC)c1)NCC(=O)N1CCCC1.I. The number of halogens is 1. The van der Waals surface area contributed by atoms with E-state index in [-0.39, 0.29) is 36.4 Å². The molecule has 1 amide bonds. The normalized spacial score (nSPS) is 13.7. The Labute approximate surface area is 178 Å². The maximum atomic E-state index is 12.2. The summed E-state index contributed by atoms with van der Waals surface area (Å²) >= 11 is 0. The average molecular weight is 490 g/mol. The molecule has 0 spiro atoms. The van der Waals surface area contributed by atoms with E-state index in [0.717, 1.165) is 38.0 Å². The quantitative estimate of drug-likeness (QED) is 0.333. The van der Waals surface area contributed by atoms with E-state index < -0.39 is 0 Å². The van der Waals surface area contributed by atoms with Crippen LogP contribution in [0.15, 0.2) is 23.2 Å². The molecule has 0 unspecified atom stereocenters. The van der Waals surface area contributed by atoms with Crippen LogP contribution in [0.4, 0.5) is 0 Å². The molecular formula is C19H31IN4O3. The number of likely N-dealkylation sites (tertiary alicyclic amines) is 1. The molecule has 1 heterocycles. The van der Waals surface area contributed by atoms with Gasteiger partial charge in [-0.3, -0.25) is 4.79 Å². The first kappa shape index (κ1) is 23.3. The van der Waals surface area contributed by atoms with Gasteiger partial charge in [0.1, 0.15) is 0 Å². The number of ether oxygens (including phenoxy) is 2. The molecule has 1 aliphatic rings. The lowest BCUT2D eigenvalue weighted by molar-refractivity contribution is -0.128. The molecule has 1 aliphatic heterocycles. The maximum Gasteiger partial charge on any atom is 0.241 e. The van der Waals surface area contributed by atoms with Crippen molar-refractivity contribution >= 4 is 35.8 Å². The molecular weight excluding hydrogens is 459 g/mol. The summed E-state index contributed by atoms with van der Waals surface area (Å²) in [7, 11) is 1.63. The predicted octanol–water partition coefficient (Wildman–Crippen LogP) is 2.39. The van der Waals surface area contributed by atoms with Crippen LogP contribution < -0.4 is 20.1 Å². The third-order valence-corrected chi connectivity index (χ3v) is 4.16. The highest BCUT2D eigenvalue weighted by molar-refractivity contribution is 14.0. The molecule has 7 nitrogen and oxygen atoms in total. The summed E-state index contributed by atoms with van der Waals surface area (Å²) in [5, 5.41) is 6.29. The zero-order valence-electron chi connectivity index (χ0n) is 16.4. The van der Waals surface area contributed by atoms with E-state index in [4.69, 9.17) is 9.47 Å². The molecule has 0 aromatic heterocycles. The summed E-state index contributed by atoms with van der Waals surface area (Å²) < 4.78 is 10.9. The van der Waals surface area contributed by atoms with Gasteiger partial charge in [-0.05, 0) is 44.4 Å². The number of rotatable bonds is 8. The molecule has 1 saturated heterocycles. The Morgan fingerprint density at radius 2 is 1.93 bits per heavy atom. The van der Waals surface area contributed by atoms with Crippen molar-refractivity contribution in [3.63, 3.8) is 0 Å². The molecule has 0 aliphatic carbocycles. The van der Waals surface area contributed by atoms with Gasteiger partial charge in [-0.2, -0.15) is 0 Å². The smallest absolute Gasteiger partial charge is 0.241 e. The lowest BCUT2D eigenvalue weighted by atomic mass is 10.2. The molecule has 152 valence electrons. The largest absolute Gasteiger partial charge is 0.493 e. The van der Waals surface area contributed by atoms with Crippen molar-refractivity contribution in [3.05, 3.63) is 23.8 Å². The molecule has 2 rings (SSSR count). The van der Waals surface area contributed by atoms with Crippen LogP contribution in [0, 0.1) is 0 Å². The molecule has 1 aromatic carbocycles. The van der Waals surface area contributed by atoms with Gasteiger partial charge in [-0.1, -0.05) is 6.07 Å². The number of carbonyl (C=O) groups is 1. The second-order valence-corrected chi connectivity index (χ2v) is 6.05. The van der Waals surface area contributed by atoms with Crippen molar-refractivity contribution in [2.75, 3.05) is 39.9 Å². The Bertz CT molecular complexity index is 619. The van der Waals surface area contributed by atoms with E-state index in [0.29, 0.717) is 30.6 Å². The molecule has 0 saturated carbocycles. The fraction of sp³-hybridized carbons (Fsp3) is 0.579. The van der Waals surface area contributed by atoms with Crippen LogP contribution in [0.5, 0.6) is 11.5 Å². The number of amides is 1. The molecule has 8 heteroatoms. The minimum absolute atomic E-state index is 0. The topological polar surface area (TPSA) is 75.2 Å². The van der Waals surface area contributed by atoms with Gasteiger partial charge in [-0.15, -0.1) is 24.0 Å². The molecule has 1 aromatic rings. The third kappa shape index (κ3) is 7.43. The third-order valence-electron chi connectivity index (χ3n) is 4.16. The van der Waals surface area contributed by atoms with Crippen LogP contribution in [0.1, 0.15) is 32.3 Å². The van der Waals surface area contributed by atoms with Gasteiger partial charge in [0.25, 0.3) is 0 Å². The Hall–Kier alpha value is -1.71. The van der Waals surface area contributed by atoms with Gasteiger partial charge in [-0.25, -0.2) is 4.99 Å². The van der Waals surface area contributed by atoms with Crippen LogP contribution in [0.25, 0.3) is 0 Å².